The van der Waals surface area contributed by atoms with Gasteiger partial charge in [0.15, 0.2) is 0 Å². The minimum Gasteiger partial charge on any atom is -0.497 e. The zero-order valence-corrected chi connectivity index (χ0v) is 12.2. The Bertz CT molecular complexity index is 548. The number of nitrogens with two attached hydrogens (primary N) is 1. The lowest BCUT2D eigenvalue weighted by Gasteiger charge is -2.14. The monoisotopic (exact) mass is 309 g/mol. The Labute approximate surface area is 115 Å². The lowest BCUT2D eigenvalue weighted by Crippen LogP contribution is -2.11. The third-order valence-electron chi connectivity index (χ3n) is 3.01. The lowest BCUT2D eigenvalue weighted by atomic mass is 10.1. The topological polar surface area (TPSA) is 53.1 Å². The van der Waals surface area contributed by atoms with Crippen LogP contribution in [0.15, 0.2) is 28.7 Å². The summed E-state index contributed by atoms with van der Waals surface area (Å²) in [5.74, 6) is 1.49. The van der Waals surface area contributed by atoms with Crippen molar-refractivity contribution in [1.82, 2.24) is 9.78 Å². The Hall–Kier alpha value is -1.49. The summed E-state index contributed by atoms with van der Waals surface area (Å²) in [5.41, 5.74) is 8.06. The van der Waals surface area contributed by atoms with Gasteiger partial charge < -0.3 is 10.5 Å². The zero-order chi connectivity index (χ0) is 13.3. The molecule has 1 aromatic heterocycles. The van der Waals surface area contributed by atoms with Gasteiger partial charge in [-0.15, -0.1) is 0 Å². The molecule has 0 radical (unpaired) electrons. The molecule has 2 N–H and O–H groups in total. The van der Waals surface area contributed by atoms with Crippen LogP contribution in [0.4, 0.5) is 5.82 Å². The molecular weight excluding hydrogens is 294 g/mol. The van der Waals surface area contributed by atoms with E-state index in [4.69, 9.17) is 10.5 Å². The first-order chi connectivity index (χ1) is 8.54. The molecule has 2 rings (SSSR count). The number of aryl methyl sites for hydroxylation is 1. The Morgan fingerprint density at radius 1 is 1.33 bits per heavy atom. The minimum absolute atomic E-state index is 0.0842. The molecule has 1 unspecified atom stereocenters. The summed E-state index contributed by atoms with van der Waals surface area (Å²) in [5, 5.41) is 4.44. The van der Waals surface area contributed by atoms with Gasteiger partial charge in [-0.25, -0.2) is 4.68 Å². The molecule has 1 heterocycles. The van der Waals surface area contributed by atoms with E-state index in [1.807, 2.05) is 35.9 Å². The Morgan fingerprint density at radius 3 is 2.39 bits per heavy atom. The van der Waals surface area contributed by atoms with Gasteiger partial charge in [0.05, 0.1) is 23.3 Å². The molecular formula is C13H16BrN3O. The number of anilines is 1. The third-order valence-corrected chi connectivity index (χ3v) is 3.99. The first-order valence-corrected chi connectivity index (χ1v) is 6.48. The second-order valence-corrected chi connectivity index (χ2v) is 4.97. The molecule has 0 fully saturated rings. The third kappa shape index (κ3) is 2.22. The average Bonchev–Trinajstić information content (AvgIpc) is 2.66. The molecule has 0 amide bonds. The van der Waals surface area contributed by atoms with Crippen LogP contribution in [0.1, 0.15) is 24.2 Å². The fourth-order valence-electron chi connectivity index (χ4n) is 1.86. The van der Waals surface area contributed by atoms with E-state index in [-0.39, 0.29) is 6.04 Å². The summed E-state index contributed by atoms with van der Waals surface area (Å²) in [7, 11) is 1.66. The molecule has 4 nitrogen and oxygen atoms in total. The van der Waals surface area contributed by atoms with Gasteiger partial charge in [0.1, 0.15) is 11.6 Å². The van der Waals surface area contributed by atoms with E-state index in [0.717, 1.165) is 21.5 Å². The van der Waals surface area contributed by atoms with Gasteiger partial charge in [-0.05, 0) is 47.5 Å². The number of nitrogen functional groups attached to an aromatic ring is 1. The highest BCUT2D eigenvalue weighted by Gasteiger charge is 2.16. The molecule has 0 saturated carbocycles. The second kappa shape index (κ2) is 5.02. The first-order valence-electron chi connectivity index (χ1n) is 5.68. The van der Waals surface area contributed by atoms with Gasteiger partial charge in [-0.2, -0.15) is 5.10 Å². The molecule has 0 saturated heterocycles. The lowest BCUT2D eigenvalue weighted by molar-refractivity contribution is 0.414. The molecule has 96 valence electrons. The largest absolute Gasteiger partial charge is 0.497 e. The Kier molecular flexibility index (Phi) is 3.61. The van der Waals surface area contributed by atoms with Crippen LogP contribution in [0, 0.1) is 6.92 Å². The number of methoxy groups -OCH3 is 1. The highest BCUT2D eigenvalue weighted by molar-refractivity contribution is 9.10. The Balaban J connectivity index is 2.34. The van der Waals surface area contributed by atoms with Crippen molar-refractivity contribution in [3.8, 4) is 5.75 Å². The SMILES string of the molecule is COc1ccc(C(C)n2nc(C)c(Br)c2N)cc1. The van der Waals surface area contributed by atoms with Crippen LogP contribution < -0.4 is 10.5 Å². The molecule has 1 atom stereocenters. The maximum Gasteiger partial charge on any atom is 0.137 e. The predicted octanol–water partition coefficient (Wildman–Crippen LogP) is 3.15. The highest BCUT2D eigenvalue weighted by atomic mass is 79.9. The summed E-state index contributed by atoms with van der Waals surface area (Å²) in [6.07, 6.45) is 0. The molecule has 2 aromatic rings. The molecule has 1 aromatic carbocycles. The molecule has 18 heavy (non-hydrogen) atoms. The number of nitrogens with zero attached hydrogens (tertiary/aromatic N) is 2. The van der Waals surface area contributed by atoms with E-state index in [2.05, 4.69) is 28.0 Å². The van der Waals surface area contributed by atoms with Crippen LogP contribution in [0.2, 0.25) is 0 Å². The van der Waals surface area contributed by atoms with Crippen molar-refractivity contribution in [3.05, 3.63) is 40.0 Å². The Morgan fingerprint density at radius 2 is 1.94 bits per heavy atom. The van der Waals surface area contributed by atoms with Crippen LogP contribution in [0.5, 0.6) is 5.75 Å². The fraction of sp³-hybridized carbons (Fsp3) is 0.308. The fourth-order valence-corrected chi connectivity index (χ4v) is 2.13. The highest BCUT2D eigenvalue weighted by Crippen LogP contribution is 2.29. The smallest absolute Gasteiger partial charge is 0.137 e. The molecule has 0 aliphatic carbocycles. The maximum atomic E-state index is 6.03. The van der Waals surface area contributed by atoms with E-state index < -0.39 is 0 Å². The van der Waals surface area contributed by atoms with E-state index in [1.165, 1.54) is 0 Å². The van der Waals surface area contributed by atoms with Crippen molar-refractivity contribution in [2.45, 2.75) is 19.9 Å². The maximum absolute atomic E-state index is 6.03. The van der Waals surface area contributed by atoms with Crippen molar-refractivity contribution in [2.24, 2.45) is 0 Å². The van der Waals surface area contributed by atoms with Gasteiger partial charge in [0.25, 0.3) is 0 Å². The van der Waals surface area contributed by atoms with Crippen LogP contribution in [-0.4, -0.2) is 16.9 Å². The van der Waals surface area contributed by atoms with Crippen molar-refractivity contribution >= 4 is 21.7 Å². The van der Waals surface area contributed by atoms with Crippen molar-refractivity contribution in [1.29, 1.82) is 0 Å². The number of hydrogen-bond acceptors (Lipinski definition) is 3. The summed E-state index contributed by atoms with van der Waals surface area (Å²) in [6, 6.07) is 8.00. The van der Waals surface area contributed by atoms with Crippen LogP contribution >= 0.6 is 15.9 Å². The molecule has 5 heteroatoms. The normalized spacial score (nSPS) is 12.4. The number of halogens is 1. The number of benzene rings is 1. The van der Waals surface area contributed by atoms with Crippen molar-refractivity contribution in [2.75, 3.05) is 12.8 Å². The molecule has 0 aliphatic rings. The zero-order valence-electron chi connectivity index (χ0n) is 10.6. The van der Waals surface area contributed by atoms with Gasteiger partial charge >= 0.3 is 0 Å². The van der Waals surface area contributed by atoms with Gasteiger partial charge in [-0.1, -0.05) is 12.1 Å². The molecule has 0 spiro atoms. The van der Waals surface area contributed by atoms with Crippen LogP contribution in [0.3, 0.4) is 0 Å². The predicted molar refractivity (Wildman–Crippen MR) is 75.9 cm³/mol. The quantitative estimate of drug-likeness (QED) is 0.947. The van der Waals surface area contributed by atoms with Crippen molar-refractivity contribution in [3.63, 3.8) is 0 Å². The minimum atomic E-state index is 0.0842. The van der Waals surface area contributed by atoms with Gasteiger partial charge in [0, 0.05) is 0 Å². The van der Waals surface area contributed by atoms with Crippen molar-refractivity contribution < 1.29 is 4.74 Å². The molecule has 0 bridgehead atoms. The van der Waals surface area contributed by atoms with Crippen LogP contribution in [0.25, 0.3) is 0 Å². The molecule has 0 aliphatic heterocycles. The summed E-state index contributed by atoms with van der Waals surface area (Å²) >= 11 is 3.44. The number of ether oxygens (including phenoxy) is 1. The van der Waals surface area contributed by atoms with E-state index in [1.54, 1.807) is 7.11 Å². The summed E-state index contributed by atoms with van der Waals surface area (Å²) in [6.45, 7) is 3.99. The summed E-state index contributed by atoms with van der Waals surface area (Å²) in [4.78, 5) is 0. The van der Waals surface area contributed by atoms with E-state index >= 15 is 0 Å². The second-order valence-electron chi connectivity index (χ2n) is 4.18. The van der Waals surface area contributed by atoms with Crippen LogP contribution in [-0.2, 0) is 0 Å². The standard InChI is InChI=1S/C13H16BrN3O/c1-8-12(14)13(15)17(16-8)9(2)10-4-6-11(18-3)7-5-10/h4-7,9H,15H2,1-3H3. The van der Waals surface area contributed by atoms with E-state index in [9.17, 15) is 0 Å². The number of rotatable bonds is 3. The average molecular weight is 310 g/mol. The number of hydrogen-bond donors (Lipinski definition) is 1. The summed E-state index contributed by atoms with van der Waals surface area (Å²) < 4.78 is 7.83. The van der Waals surface area contributed by atoms with Gasteiger partial charge in [0.2, 0.25) is 0 Å². The van der Waals surface area contributed by atoms with Gasteiger partial charge in [-0.3, -0.25) is 0 Å². The first kappa shape index (κ1) is 13.0. The van der Waals surface area contributed by atoms with E-state index in [0.29, 0.717) is 5.82 Å². The number of aromatic nitrogens is 2.